The van der Waals surface area contributed by atoms with E-state index in [2.05, 4.69) is 31.1 Å². The van der Waals surface area contributed by atoms with E-state index in [-0.39, 0.29) is 0 Å². The Morgan fingerprint density at radius 3 is 2.50 bits per heavy atom. The minimum atomic E-state index is -0.431. The van der Waals surface area contributed by atoms with E-state index in [0.717, 1.165) is 25.3 Å². The van der Waals surface area contributed by atoms with E-state index < -0.39 is 5.60 Å². The van der Waals surface area contributed by atoms with Gasteiger partial charge < -0.3 is 15.3 Å². The molecule has 1 aliphatic carbocycles. The van der Waals surface area contributed by atoms with Crippen LogP contribution in [0.2, 0.25) is 0 Å². The molecule has 0 bridgehead atoms. The fourth-order valence-corrected chi connectivity index (χ4v) is 3.29. The van der Waals surface area contributed by atoms with Crippen LogP contribution in [0.3, 0.4) is 0 Å². The van der Waals surface area contributed by atoms with Crippen LogP contribution in [0.25, 0.3) is 0 Å². The van der Waals surface area contributed by atoms with Crippen molar-refractivity contribution in [2.75, 3.05) is 20.1 Å². The molecule has 106 valence electrons. The summed E-state index contributed by atoms with van der Waals surface area (Å²) in [5, 5.41) is 14.2. The monoisotopic (exact) mass is 254 g/mol. The number of piperidine rings is 1. The second kappa shape index (κ2) is 5.89. The predicted octanol–water partition coefficient (Wildman–Crippen LogP) is 2.00. The number of nitrogens with zero attached hydrogens (tertiary/aromatic N) is 1. The van der Waals surface area contributed by atoms with Gasteiger partial charge in [0.25, 0.3) is 0 Å². The summed E-state index contributed by atoms with van der Waals surface area (Å²) in [5.41, 5.74) is -0.431. The van der Waals surface area contributed by atoms with Crippen molar-refractivity contribution in [3.63, 3.8) is 0 Å². The summed E-state index contributed by atoms with van der Waals surface area (Å²) in [6.45, 7) is 6.56. The normalized spacial score (nSPS) is 43.0. The molecule has 1 aliphatic heterocycles. The van der Waals surface area contributed by atoms with Gasteiger partial charge in [0.2, 0.25) is 0 Å². The highest BCUT2D eigenvalue weighted by Crippen LogP contribution is 2.31. The van der Waals surface area contributed by atoms with Crippen LogP contribution in [0.4, 0.5) is 0 Å². The van der Waals surface area contributed by atoms with Crippen molar-refractivity contribution in [3.05, 3.63) is 0 Å². The molecule has 3 nitrogen and oxygen atoms in total. The maximum Gasteiger partial charge on any atom is 0.0771 e. The third-order valence-corrected chi connectivity index (χ3v) is 5.13. The Morgan fingerprint density at radius 2 is 1.89 bits per heavy atom. The summed E-state index contributed by atoms with van der Waals surface area (Å²) in [6.07, 6.45) is 6.74. The minimum absolute atomic E-state index is 0.431. The van der Waals surface area contributed by atoms with Crippen molar-refractivity contribution in [2.45, 2.75) is 70.1 Å². The molecule has 2 rings (SSSR count). The van der Waals surface area contributed by atoms with Crippen LogP contribution < -0.4 is 5.32 Å². The molecule has 0 aromatic heterocycles. The lowest BCUT2D eigenvalue weighted by atomic mass is 9.79. The number of hydrogen-bond acceptors (Lipinski definition) is 3. The van der Waals surface area contributed by atoms with Crippen LogP contribution in [0.1, 0.15) is 52.4 Å². The molecule has 0 aromatic carbocycles. The standard InChI is InChI=1S/C15H30N2O/c1-12-4-7-15(18,8-5-12)11-16-14-6-9-17(3)13(2)10-14/h12-14,16,18H,4-11H2,1-3H3. The number of likely N-dealkylation sites (tertiary alicyclic amines) is 1. The lowest BCUT2D eigenvalue weighted by Crippen LogP contribution is -2.51. The molecule has 0 aromatic rings. The molecular formula is C15H30N2O. The van der Waals surface area contributed by atoms with Gasteiger partial charge >= 0.3 is 0 Å². The largest absolute Gasteiger partial charge is 0.389 e. The molecule has 3 heteroatoms. The first kappa shape index (κ1) is 14.3. The van der Waals surface area contributed by atoms with Gasteiger partial charge in [0.05, 0.1) is 5.60 Å². The minimum Gasteiger partial charge on any atom is -0.389 e. The van der Waals surface area contributed by atoms with Crippen LogP contribution in [0.15, 0.2) is 0 Å². The Labute approximate surface area is 112 Å². The molecule has 2 fully saturated rings. The molecule has 1 saturated heterocycles. The van der Waals surface area contributed by atoms with E-state index in [0.29, 0.717) is 12.1 Å². The van der Waals surface area contributed by atoms with E-state index >= 15 is 0 Å². The summed E-state index contributed by atoms with van der Waals surface area (Å²) in [5.74, 6) is 0.800. The van der Waals surface area contributed by atoms with Gasteiger partial charge in [-0.3, -0.25) is 0 Å². The summed E-state index contributed by atoms with van der Waals surface area (Å²) in [7, 11) is 2.21. The molecule has 0 radical (unpaired) electrons. The van der Waals surface area contributed by atoms with Gasteiger partial charge in [-0.15, -0.1) is 0 Å². The molecule has 0 amide bonds. The molecule has 18 heavy (non-hydrogen) atoms. The van der Waals surface area contributed by atoms with Crippen molar-refractivity contribution in [1.82, 2.24) is 10.2 Å². The molecule has 2 atom stereocenters. The Morgan fingerprint density at radius 1 is 1.22 bits per heavy atom. The molecule has 2 aliphatic rings. The summed E-state index contributed by atoms with van der Waals surface area (Å²) < 4.78 is 0. The molecule has 2 N–H and O–H groups in total. The van der Waals surface area contributed by atoms with Gasteiger partial charge in [-0.25, -0.2) is 0 Å². The summed E-state index contributed by atoms with van der Waals surface area (Å²) >= 11 is 0. The van der Waals surface area contributed by atoms with Crippen LogP contribution >= 0.6 is 0 Å². The molecule has 0 spiro atoms. The quantitative estimate of drug-likeness (QED) is 0.808. The average molecular weight is 254 g/mol. The molecule has 1 heterocycles. The van der Waals surface area contributed by atoms with E-state index in [1.807, 2.05) is 0 Å². The maximum absolute atomic E-state index is 10.6. The second-order valence-electron chi connectivity index (χ2n) is 6.84. The van der Waals surface area contributed by atoms with Crippen molar-refractivity contribution in [2.24, 2.45) is 5.92 Å². The van der Waals surface area contributed by atoms with Crippen molar-refractivity contribution < 1.29 is 5.11 Å². The van der Waals surface area contributed by atoms with Gasteiger partial charge in [0.1, 0.15) is 0 Å². The average Bonchev–Trinajstić information content (AvgIpc) is 2.35. The van der Waals surface area contributed by atoms with Crippen LogP contribution in [0.5, 0.6) is 0 Å². The Bertz CT molecular complexity index is 261. The van der Waals surface area contributed by atoms with Crippen molar-refractivity contribution >= 4 is 0 Å². The maximum atomic E-state index is 10.6. The van der Waals surface area contributed by atoms with Gasteiger partial charge in [0, 0.05) is 18.6 Å². The van der Waals surface area contributed by atoms with Gasteiger partial charge in [-0.1, -0.05) is 6.92 Å². The first-order valence-electron chi connectivity index (χ1n) is 7.64. The highest BCUT2D eigenvalue weighted by molar-refractivity contribution is 4.89. The first-order chi connectivity index (χ1) is 8.48. The van der Waals surface area contributed by atoms with Crippen molar-refractivity contribution in [1.29, 1.82) is 0 Å². The van der Waals surface area contributed by atoms with Crippen LogP contribution in [-0.2, 0) is 0 Å². The SMILES string of the molecule is CC1CCC(O)(CNC2CCN(C)C(C)C2)CC1. The van der Waals surface area contributed by atoms with E-state index in [1.165, 1.54) is 32.2 Å². The third kappa shape index (κ3) is 3.69. The lowest BCUT2D eigenvalue weighted by molar-refractivity contribution is -0.0104. The van der Waals surface area contributed by atoms with Crippen LogP contribution in [0, 0.1) is 5.92 Å². The highest BCUT2D eigenvalue weighted by Gasteiger charge is 2.32. The molecule has 1 saturated carbocycles. The van der Waals surface area contributed by atoms with Crippen LogP contribution in [-0.4, -0.2) is 47.8 Å². The number of aliphatic hydroxyl groups is 1. The molecule has 2 unspecified atom stereocenters. The lowest BCUT2D eigenvalue weighted by Gasteiger charge is -2.39. The zero-order valence-electron chi connectivity index (χ0n) is 12.3. The second-order valence-corrected chi connectivity index (χ2v) is 6.84. The highest BCUT2D eigenvalue weighted by atomic mass is 16.3. The predicted molar refractivity (Wildman–Crippen MR) is 75.7 cm³/mol. The fraction of sp³-hybridized carbons (Fsp3) is 1.00. The van der Waals surface area contributed by atoms with E-state index in [4.69, 9.17) is 0 Å². The summed E-state index contributed by atoms with van der Waals surface area (Å²) in [6, 6.07) is 1.26. The smallest absolute Gasteiger partial charge is 0.0771 e. The van der Waals surface area contributed by atoms with Gasteiger partial charge in [-0.05, 0) is 65.0 Å². The topological polar surface area (TPSA) is 35.5 Å². The fourth-order valence-electron chi connectivity index (χ4n) is 3.29. The Balaban J connectivity index is 1.74. The number of nitrogens with one attached hydrogen (secondary N) is 1. The third-order valence-electron chi connectivity index (χ3n) is 5.13. The molecular weight excluding hydrogens is 224 g/mol. The Hall–Kier alpha value is -0.120. The van der Waals surface area contributed by atoms with Crippen molar-refractivity contribution in [3.8, 4) is 0 Å². The van der Waals surface area contributed by atoms with E-state index in [9.17, 15) is 5.11 Å². The number of rotatable bonds is 3. The van der Waals surface area contributed by atoms with Gasteiger partial charge in [0.15, 0.2) is 0 Å². The first-order valence-corrected chi connectivity index (χ1v) is 7.64. The summed E-state index contributed by atoms with van der Waals surface area (Å²) in [4.78, 5) is 2.43. The number of hydrogen-bond donors (Lipinski definition) is 2. The van der Waals surface area contributed by atoms with Gasteiger partial charge in [-0.2, -0.15) is 0 Å². The zero-order valence-corrected chi connectivity index (χ0v) is 12.3. The van der Waals surface area contributed by atoms with E-state index in [1.54, 1.807) is 0 Å². The Kier molecular flexibility index (Phi) is 4.68. The zero-order chi connectivity index (χ0) is 13.2.